The fourth-order valence-corrected chi connectivity index (χ4v) is 2.78. The number of aryl methyl sites for hydroxylation is 3. The van der Waals surface area contributed by atoms with E-state index >= 15 is 0 Å². The van der Waals surface area contributed by atoms with Crippen molar-refractivity contribution in [3.63, 3.8) is 0 Å². The molecule has 3 aromatic rings. The molecule has 2 heterocycles. The summed E-state index contributed by atoms with van der Waals surface area (Å²) in [5.41, 5.74) is 2.70. The van der Waals surface area contributed by atoms with Gasteiger partial charge in [0, 0.05) is 31.0 Å². The Morgan fingerprint density at radius 2 is 1.79 bits per heavy atom. The summed E-state index contributed by atoms with van der Waals surface area (Å²) in [5, 5.41) is 4.25. The molecule has 2 aromatic heterocycles. The Labute approximate surface area is 143 Å². The Morgan fingerprint density at radius 1 is 1.08 bits per heavy atom. The van der Waals surface area contributed by atoms with Crippen LogP contribution in [0.4, 0.5) is 11.4 Å². The predicted molar refractivity (Wildman–Crippen MR) is 96.4 cm³/mol. The van der Waals surface area contributed by atoms with Gasteiger partial charge in [-0.15, -0.1) is 0 Å². The second-order valence-electron chi connectivity index (χ2n) is 5.81. The lowest BCUT2D eigenvalue weighted by molar-refractivity contribution is 0.707. The number of fused-ring (bicyclic) bond motifs is 1. The highest BCUT2D eigenvalue weighted by Crippen LogP contribution is 2.28. The van der Waals surface area contributed by atoms with Crippen molar-refractivity contribution >= 4 is 34.0 Å². The summed E-state index contributed by atoms with van der Waals surface area (Å²) in [6.45, 7) is 3.78. The first-order chi connectivity index (χ1) is 11.3. The van der Waals surface area contributed by atoms with Crippen molar-refractivity contribution in [1.82, 2.24) is 14.1 Å². The van der Waals surface area contributed by atoms with E-state index in [1.54, 1.807) is 19.3 Å². The maximum Gasteiger partial charge on any atom is 0.332 e. The SMILES string of the molecule is Cc1ccc(Nc2c(C)cnc3c2c(=O)n(C)c(=O)n3C)cc1Cl. The summed E-state index contributed by atoms with van der Waals surface area (Å²) in [5.74, 6) is 0. The first-order valence-electron chi connectivity index (χ1n) is 7.39. The molecule has 1 aromatic carbocycles. The van der Waals surface area contributed by atoms with E-state index in [1.807, 2.05) is 26.0 Å². The van der Waals surface area contributed by atoms with Gasteiger partial charge in [0.1, 0.15) is 5.39 Å². The van der Waals surface area contributed by atoms with E-state index in [4.69, 9.17) is 11.6 Å². The lowest BCUT2D eigenvalue weighted by Crippen LogP contribution is -2.37. The van der Waals surface area contributed by atoms with Crippen LogP contribution in [0.25, 0.3) is 11.0 Å². The highest BCUT2D eigenvalue weighted by molar-refractivity contribution is 6.31. The predicted octanol–water partition coefficient (Wildman–Crippen LogP) is 2.65. The Kier molecular flexibility index (Phi) is 3.93. The van der Waals surface area contributed by atoms with Crippen molar-refractivity contribution in [2.24, 2.45) is 14.1 Å². The molecule has 0 spiro atoms. The Bertz CT molecular complexity index is 1080. The normalized spacial score (nSPS) is 11.0. The first kappa shape index (κ1) is 16.3. The minimum Gasteiger partial charge on any atom is -0.354 e. The van der Waals surface area contributed by atoms with Gasteiger partial charge < -0.3 is 5.32 Å². The lowest BCUT2D eigenvalue weighted by Gasteiger charge is -2.15. The third kappa shape index (κ3) is 2.49. The van der Waals surface area contributed by atoms with Crippen molar-refractivity contribution in [1.29, 1.82) is 0 Å². The highest BCUT2D eigenvalue weighted by atomic mass is 35.5. The number of aromatic nitrogens is 3. The summed E-state index contributed by atoms with van der Waals surface area (Å²) in [7, 11) is 3.05. The van der Waals surface area contributed by atoms with Crippen LogP contribution in [-0.2, 0) is 14.1 Å². The molecule has 3 rings (SSSR count). The molecule has 24 heavy (non-hydrogen) atoms. The van der Waals surface area contributed by atoms with Gasteiger partial charge in [0.05, 0.1) is 5.69 Å². The van der Waals surface area contributed by atoms with Crippen LogP contribution in [0.1, 0.15) is 11.1 Å². The topological polar surface area (TPSA) is 68.9 Å². The third-order valence-corrected chi connectivity index (χ3v) is 4.51. The maximum atomic E-state index is 12.6. The third-order valence-electron chi connectivity index (χ3n) is 4.10. The number of nitrogens with zero attached hydrogens (tertiary/aromatic N) is 3. The van der Waals surface area contributed by atoms with Crippen molar-refractivity contribution in [3.05, 3.63) is 61.4 Å². The summed E-state index contributed by atoms with van der Waals surface area (Å²) in [4.78, 5) is 29.0. The van der Waals surface area contributed by atoms with E-state index in [2.05, 4.69) is 10.3 Å². The van der Waals surface area contributed by atoms with Crippen LogP contribution in [0.5, 0.6) is 0 Å². The van der Waals surface area contributed by atoms with E-state index in [1.165, 1.54) is 11.6 Å². The molecule has 0 fully saturated rings. The van der Waals surface area contributed by atoms with E-state index in [9.17, 15) is 9.59 Å². The molecule has 0 saturated carbocycles. The van der Waals surface area contributed by atoms with Gasteiger partial charge in [0.2, 0.25) is 0 Å². The van der Waals surface area contributed by atoms with Gasteiger partial charge in [-0.05, 0) is 37.1 Å². The summed E-state index contributed by atoms with van der Waals surface area (Å²) in [6.07, 6.45) is 1.64. The second-order valence-corrected chi connectivity index (χ2v) is 6.22. The Balaban J connectivity index is 2.31. The summed E-state index contributed by atoms with van der Waals surface area (Å²) < 4.78 is 2.44. The van der Waals surface area contributed by atoms with Gasteiger partial charge >= 0.3 is 5.69 Å². The van der Waals surface area contributed by atoms with Crippen molar-refractivity contribution < 1.29 is 0 Å². The molecule has 0 unspecified atom stereocenters. The Hall–Kier alpha value is -2.60. The molecule has 0 aliphatic heterocycles. The van der Waals surface area contributed by atoms with E-state index in [0.717, 1.165) is 21.4 Å². The number of nitrogens with one attached hydrogen (secondary N) is 1. The standard InChI is InChI=1S/C17H17ClN4O2/c1-9-5-6-11(7-12(9)18)20-14-10(2)8-19-15-13(14)16(23)22(4)17(24)21(15)3/h5-8H,1-4H3,(H,19,20). The Morgan fingerprint density at radius 3 is 2.46 bits per heavy atom. The average Bonchev–Trinajstić information content (AvgIpc) is 2.56. The van der Waals surface area contributed by atoms with Crippen LogP contribution in [0, 0.1) is 13.8 Å². The molecule has 124 valence electrons. The van der Waals surface area contributed by atoms with Gasteiger partial charge in [-0.25, -0.2) is 9.78 Å². The quantitative estimate of drug-likeness (QED) is 0.776. The number of hydrogen-bond donors (Lipinski definition) is 1. The molecular weight excluding hydrogens is 328 g/mol. The molecule has 1 N–H and O–H groups in total. The van der Waals surface area contributed by atoms with Crippen LogP contribution >= 0.6 is 11.6 Å². The van der Waals surface area contributed by atoms with Crippen LogP contribution < -0.4 is 16.6 Å². The molecule has 6 nitrogen and oxygen atoms in total. The van der Waals surface area contributed by atoms with Crippen molar-refractivity contribution in [3.8, 4) is 0 Å². The summed E-state index contributed by atoms with van der Waals surface area (Å²) >= 11 is 6.18. The van der Waals surface area contributed by atoms with Gasteiger partial charge in [-0.3, -0.25) is 13.9 Å². The molecule has 0 aliphatic rings. The summed E-state index contributed by atoms with van der Waals surface area (Å²) in [6, 6.07) is 5.59. The second kappa shape index (κ2) is 5.79. The molecule has 0 bridgehead atoms. The number of hydrogen-bond acceptors (Lipinski definition) is 4. The molecule has 0 saturated heterocycles. The first-order valence-corrected chi connectivity index (χ1v) is 7.77. The molecule has 7 heteroatoms. The van der Waals surface area contributed by atoms with Gasteiger partial charge in [0.15, 0.2) is 5.65 Å². The largest absolute Gasteiger partial charge is 0.354 e. The number of benzene rings is 1. The number of pyridine rings is 1. The van der Waals surface area contributed by atoms with Crippen LogP contribution in [0.3, 0.4) is 0 Å². The van der Waals surface area contributed by atoms with E-state index < -0.39 is 5.69 Å². The van der Waals surface area contributed by atoms with Crippen LogP contribution in [0.2, 0.25) is 5.02 Å². The van der Waals surface area contributed by atoms with E-state index in [0.29, 0.717) is 21.7 Å². The van der Waals surface area contributed by atoms with Crippen molar-refractivity contribution in [2.45, 2.75) is 13.8 Å². The highest BCUT2D eigenvalue weighted by Gasteiger charge is 2.16. The van der Waals surface area contributed by atoms with E-state index in [-0.39, 0.29) is 5.56 Å². The number of halogens is 1. The average molecular weight is 345 g/mol. The van der Waals surface area contributed by atoms with Gasteiger partial charge in [-0.2, -0.15) is 0 Å². The lowest BCUT2D eigenvalue weighted by atomic mass is 10.1. The fraction of sp³-hybridized carbons (Fsp3) is 0.235. The van der Waals surface area contributed by atoms with Gasteiger partial charge in [-0.1, -0.05) is 17.7 Å². The minimum absolute atomic E-state index is 0.342. The fourth-order valence-electron chi connectivity index (χ4n) is 2.60. The molecule has 0 amide bonds. The van der Waals surface area contributed by atoms with Gasteiger partial charge in [0.25, 0.3) is 5.56 Å². The maximum absolute atomic E-state index is 12.6. The zero-order valence-corrected chi connectivity index (χ0v) is 14.6. The molecular formula is C17H17ClN4O2. The molecule has 0 radical (unpaired) electrons. The van der Waals surface area contributed by atoms with Crippen LogP contribution in [0.15, 0.2) is 34.0 Å². The molecule has 0 aliphatic carbocycles. The zero-order valence-electron chi connectivity index (χ0n) is 13.8. The zero-order chi connectivity index (χ0) is 17.6. The number of rotatable bonds is 2. The van der Waals surface area contributed by atoms with Crippen molar-refractivity contribution in [2.75, 3.05) is 5.32 Å². The minimum atomic E-state index is -0.409. The van der Waals surface area contributed by atoms with Crippen LogP contribution in [-0.4, -0.2) is 14.1 Å². The number of anilines is 2. The molecule has 0 atom stereocenters. The monoisotopic (exact) mass is 344 g/mol. The smallest absolute Gasteiger partial charge is 0.332 e.